The third kappa shape index (κ3) is 17.1. The topological polar surface area (TPSA) is 120 Å². The maximum absolute atomic E-state index is 12.5. The van der Waals surface area contributed by atoms with Crippen molar-refractivity contribution in [2.75, 3.05) is 19.7 Å². The molecule has 0 rings (SSSR count). The summed E-state index contributed by atoms with van der Waals surface area (Å²) in [6.07, 6.45) is -0.956. The average molecular weight is 447 g/mol. The van der Waals surface area contributed by atoms with Crippen LogP contribution in [0, 0.1) is 0 Å². The number of nitrogens with zero attached hydrogens (tertiary/aromatic N) is 1. The molecule has 0 heterocycles. The van der Waals surface area contributed by atoms with Gasteiger partial charge in [0.05, 0.1) is 12.8 Å². The Morgan fingerprint density at radius 3 is 1.42 bits per heavy atom. The highest BCUT2D eigenvalue weighted by Gasteiger charge is 2.23. The molecule has 0 aliphatic heterocycles. The molecule has 180 valence electrons. The molecule has 31 heavy (non-hydrogen) atoms. The van der Waals surface area contributed by atoms with Crippen molar-refractivity contribution in [1.29, 1.82) is 0 Å². The molecule has 0 aliphatic carbocycles. The van der Waals surface area contributed by atoms with Gasteiger partial charge in [-0.15, -0.1) is 0 Å². The lowest BCUT2D eigenvalue weighted by atomic mass is 10.2. The summed E-state index contributed by atoms with van der Waals surface area (Å²) in [5.74, 6) is -1.48. The van der Waals surface area contributed by atoms with Crippen LogP contribution < -0.4 is 5.48 Å². The Morgan fingerprint density at radius 1 is 0.677 bits per heavy atom. The van der Waals surface area contributed by atoms with Crippen LogP contribution in [0.4, 0.5) is 4.79 Å². The van der Waals surface area contributed by atoms with Gasteiger partial charge in [0.2, 0.25) is 0 Å². The second kappa shape index (κ2) is 11.9. The summed E-state index contributed by atoms with van der Waals surface area (Å²) in [4.78, 5) is 54.3. The smallest absolute Gasteiger partial charge is 0.431 e. The van der Waals surface area contributed by atoms with Gasteiger partial charge in [-0.1, -0.05) is 0 Å². The van der Waals surface area contributed by atoms with Crippen molar-refractivity contribution in [3.05, 3.63) is 0 Å². The number of amides is 2. The summed E-state index contributed by atoms with van der Waals surface area (Å²) in [5, 5.41) is 0. The fourth-order valence-corrected chi connectivity index (χ4v) is 2.15. The molecule has 10 nitrogen and oxygen atoms in total. The van der Waals surface area contributed by atoms with Gasteiger partial charge >= 0.3 is 18.0 Å². The third-order valence-electron chi connectivity index (χ3n) is 3.11. The maximum atomic E-state index is 12.5. The molecule has 0 spiro atoms. The number of esters is 2. The second-order valence-electron chi connectivity index (χ2n) is 9.95. The van der Waals surface area contributed by atoms with Crippen molar-refractivity contribution < 1.29 is 38.2 Å². The molecular weight excluding hydrogens is 408 g/mol. The first kappa shape index (κ1) is 28.6. The number of hydroxylamine groups is 1. The molecule has 0 aliphatic rings. The van der Waals surface area contributed by atoms with E-state index < -0.39 is 47.3 Å². The Balaban J connectivity index is 4.83. The van der Waals surface area contributed by atoms with E-state index in [0.29, 0.717) is 0 Å². The van der Waals surface area contributed by atoms with E-state index in [1.54, 1.807) is 62.3 Å². The van der Waals surface area contributed by atoms with Crippen LogP contribution in [-0.2, 0) is 33.4 Å². The first-order valence-electron chi connectivity index (χ1n) is 10.2. The third-order valence-corrected chi connectivity index (χ3v) is 3.11. The standard InChI is InChI=1S/C21H38N2O8/c1-19(2,3)29-16(25)10-12-23(13-11-17(26)30-20(4,5)6)15(24)14-28-22-18(27)31-21(7,8)9/h10-14H2,1-9H3,(H,22,27). The second-order valence-corrected chi connectivity index (χ2v) is 9.95. The molecule has 0 saturated heterocycles. The lowest BCUT2D eigenvalue weighted by molar-refractivity contribution is -0.156. The fourth-order valence-electron chi connectivity index (χ4n) is 2.15. The lowest BCUT2D eigenvalue weighted by Crippen LogP contribution is -2.41. The van der Waals surface area contributed by atoms with E-state index in [2.05, 4.69) is 0 Å². The van der Waals surface area contributed by atoms with Crippen molar-refractivity contribution in [2.45, 2.75) is 92.0 Å². The highest BCUT2D eigenvalue weighted by Crippen LogP contribution is 2.11. The van der Waals surface area contributed by atoms with Crippen LogP contribution in [0.3, 0.4) is 0 Å². The number of ether oxygens (including phenoxy) is 3. The molecule has 0 fully saturated rings. The van der Waals surface area contributed by atoms with Gasteiger partial charge in [-0.3, -0.25) is 19.2 Å². The first-order chi connectivity index (χ1) is 13.9. The summed E-state index contributed by atoms with van der Waals surface area (Å²) < 4.78 is 15.5. The van der Waals surface area contributed by atoms with Crippen LogP contribution in [0.15, 0.2) is 0 Å². The van der Waals surface area contributed by atoms with Crippen LogP contribution in [0.1, 0.15) is 75.2 Å². The first-order valence-corrected chi connectivity index (χ1v) is 10.2. The van der Waals surface area contributed by atoms with Crippen molar-refractivity contribution >= 4 is 23.9 Å². The van der Waals surface area contributed by atoms with E-state index in [0.717, 1.165) is 0 Å². The number of hydrogen-bond acceptors (Lipinski definition) is 8. The molecule has 1 N–H and O–H groups in total. The summed E-state index contributed by atoms with van der Waals surface area (Å²) >= 11 is 0. The van der Waals surface area contributed by atoms with Crippen LogP contribution in [0.25, 0.3) is 0 Å². The van der Waals surface area contributed by atoms with Crippen LogP contribution in [-0.4, -0.2) is 65.3 Å². The van der Waals surface area contributed by atoms with Crippen molar-refractivity contribution in [3.8, 4) is 0 Å². The Bertz CT molecular complexity index is 595. The summed E-state index contributed by atoms with van der Waals surface area (Å²) in [7, 11) is 0. The number of carbonyl (C=O) groups is 4. The van der Waals surface area contributed by atoms with E-state index in [9.17, 15) is 19.2 Å². The van der Waals surface area contributed by atoms with E-state index in [1.165, 1.54) is 4.90 Å². The van der Waals surface area contributed by atoms with Crippen molar-refractivity contribution in [2.24, 2.45) is 0 Å². The quantitative estimate of drug-likeness (QED) is 0.326. The minimum absolute atomic E-state index is 0.0202. The largest absolute Gasteiger partial charge is 0.460 e. The minimum Gasteiger partial charge on any atom is -0.460 e. The van der Waals surface area contributed by atoms with Gasteiger partial charge in [-0.25, -0.2) is 4.79 Å². The van der Waals surface area contributed by atoms with Crippen LogP contribution in [0.5, 0.6) is 0 Å². The lowest BCUT2D eigenvalue weighted by Gasteiger charge is -2.25. The maximum Gasteiger partial charge on any atom is 0.431 e. The number of nitrogens with one attached hydrogen (secondary N) is 1. The molecule has 0 radical (unpaired) electrons. The van der Waals surface area contributed by atoms with Gasteiger partial charge in [-0.2, -0.15) is 5.48 Å². The van der Waals surface area contributed by atoms with E-state index in [4.69, 9.17) is 19.0 Å². The number of carbonyl (C=O) groups excluding carboxylic acids is 4. The van der Waals surface area contributed by atoms with E-state index in [-0.39, 0.29) is 25.9 Å². The summed E-state index contributed by atoms with van der Waals surface area (Å²) in [5.41, 5.74) is 0.00718. The summed E-state index contributed by atoms with van der Waals surface area (Å²) in [6, 6.07) is 0. The Morgan fingerprint density at radius 2 is 1.06 bits per heavy atom. The predicted molar refractivity (Wildman–Crippen MR) is 113 cm³/mol. The molecule has 0 aromatic heterocycles. The zero-order chi connectivity index (χ0) is 24.5. The number of hydrogen-bond donors (Lipinski definition) is 1. The van der Waals surface area contributed by atoms with Crippen molar-refractivity contribution in [3.63, 3.8) is 0 Å². The zero-order valence-corrected chi connectivity index (χ0v) is 20.2. The Hall–Kier alpha value is -2.36. The molecule has 0 bridgehead atoms. The van der Waals surface area contributed by atoms with Gasteiger partial charge in [0, 0.05) is 13.1 Å². The van der Waals surface area contributed by atoms with Gasteiger partial charge in [0.25, 0.3) is 5.91 Å². The van der Waals surface area contributed by atoms with Crippen molar-refractivity contribution in [1.82, 2.24) is 10.4 Å². The van der Waals surface area contributed by atoms with Crippen LogP contribution in [0.2, 0.25) is 0 Å². The van der Waals surface area contributed by atoms with Gasteiger partial charge in [0.15, 0.2) is 6.61 Å². The normalized spacial score (nSPS) is 12.0. The molecule has 0 saturated carbocycles. The highest BCUT2D eigenvalue weighted by molar-refractivity contribution is 5.79. The zero-order valence-electron chi connectivity index (χ0n) is 20.2. The molecule has 0 atom stereocenters. The molecule has 0 aromatic rings. The summed E-state index contributed by atoms with van der Waals surface area (Å²) in [6.45, 7) is 15.1. The van der Waals surface area contributed by atoms with Gasteiger partial charge in [0.1, 0.15) is 16.8 Å². The molecular formula is C21H38N2O8. The molecule has 0 unspecified atom stereocenters. The van der Waals surface area contributed by atoms with Gasteiger partial charge < -0.3 is 19.1 Å². The molecule has 10 heteroatoms. The van der Waals surface area contributed by atoms with E-state index in [1.807, 2.05) is 5.48 Å². The monoisotopic (exact) mass is 446 g/mol. The Labute approximate surface area is 184 Å². The molecule has 0 aromatic carbocycles. The SMILES string of the molecule is CC(C)(C)OC(=O)CCN(CCC(=O)OC(C)(C)C)C(=O)CONC(=O)OC(C)(C)C. The number of rotatable bonds is 9. The van der Waals surface area contributed by atoms with E-state index >= 15 is 0 Å². The fraction of sp³-hybridized carbons (Fsp3) is 0.810. The predicted octanol–water partition coefficient (Wildman–Crippen LogP) is 2.73. The van der Waals surface area contributed by atoms with Crippen LogP contribution >= 0.6 is 0 Å². The highest BCUT2D eigenvalue weighted by atomic mass is 16.7. The Kier molecular flexibility index (Phi) is 11.0. The van der Waals surface area contributed by atoms with Gasteiger partial charge in [-0.05, 0) is 62.3 Å². The molecule has 2 amide bonds. The average Bonchev–Trinajstić information content (AvgIpc) is 2.49. The minimum atomic E-state index is -0.839.